The van der Waals surface area contributed by atoms with Gasteiger partial charge in [0.15, 0.2) is 0 Å². The first kappa shape index (κ1) is 29.5. The maximum atomic E-state index is 2.46. The number of thiophene rings is 1. The van der Waals surface area contributed by atoms with Gasteiger partial charge in [-0.2, -0.15) is 0 Å². The summed E-state index contributed by atoms with van der Waals surface area (Å²) < 4.78 is 4.97. The van der Waals surface area contributed by atoms with Crippen molar-refractivity contribution in [3.05, 3.63) is 194 Å². The first-order valence-corrected chi connectivity index (χ1v) is 18.2. The Morgan fingerprint density at radius 3 is 1.84 bits per heavy atom. The van der Waals surface area contributed by atoms with Gasteiger partial charge >= 0.3 is 0 Å². The molecule has 0 unspecified atom stereocenters. The Morgan fingerprint density at radius 1 is 0.392 bits per heavy atom. The van der Waals surface area contributed by atoms with E-state index in [4.69, 9.17) is 0 Å². The van der Waals surface area contributed by atoms with Gasteiger partial charge in [-0.15, -0.1) is 11.3 Å². The summed E-state index contributed by atoms with van der Waals surface area (Å²) in [5, 5.41) is 5.07. The molecule has 2 heterocycles. The molecule has 2 nitrogen and oxygen atoms in total. The molecule has 10 aromatic rings. The van der Waals surface area contributed by atoms with Gasteiger partial charge in [-0.3, -0.25) is 0 Å². The Bertz CT molecular complexity index is 2860. The lowest BCUT2D eigenvalue weighted by molar-refractivity contribution is 1.18. The number of aromatic nitrogens is 1. The van der Waals surface area contributed by atoms with Gasteiger partial charge in [0, 0.05) is 43.3 Å². The van der Waals surface area contributed by atoms with E-state index in [9.17, 15) is 0 Å². The maximum Gasteiger partial charge on any atom is 0.0640 e. The van der Waals surface area contributed by atoms with Crippen LogP contribution in [0.1, 0.15) is 0 Å². The number of anilines is 3. The van der Waals surface area contributed by atoms with Crippen molar-refractivity contribution in [1.29, 1.82) is 0 Å². The Balaban J connectivity index is 1.24. The van der Waals surface area contributed by atoms with Crippen LogP contribution in [0.3, 0.4) is 0 Å². The Labute approximate surface area is 300 Å². The molecule has 0 aliphatic carbocycles. The molecule has 0 bridgehead atoms. The third-order valence-electron chi connectivity index (χ3n) is 9.98. The molecule has 0 fully saturated rings. The summed E-state index contributed by atoms with van der Waals surface area (Å²) >= 11 is 1.87. The van der Waals surface area contributed by atoms with E-state index in [0.29, 0.717) is 0 Å². The molecule has 8 aromatic carbocycles. The van der Waals surface area contributed by atoms with Crippen molar-refractivity contribution < 1.29 is 0 Å². The maximum absolute atomic E-state index is 2.46. The minimum atomic E-state index is 1.11. The number of nitrogens with zero attached hydrogens (tertiary/aromatic N) is 2. The summed E-state index contributed by atoms with van der Waals surface area (Å²) in [7, 11) is 0. The number of hydrogen-bond acceptors (Lipinski definition) is 2. The van der Waals surface area contributed by atoms with Crippen LogP contribution in [-0.4, -0.2) is 4.57 Å². The van der Waals surface area contributed by atoms with Gasteiger partial charge < -0.3 is 9.47 Å². The molecule has 240 valence electrons. The first-order valence-electron chi connectivity index (χ1n) is 17.4. The van der Waals surface area contributed by atoms with E-state index in [1.54, 1.807) is 0 Å². The fourth-order valence-corrected chi connectivity index (χ4v) is 8.91. The van der Waals surface area contributed by atoms with E-state index in [-0.39, 0.29) is 0 Å². The van der Waals surface area contributed by atoms with Gasteiger partial charge in [-0.1, -0.05) is 140 Å². The van der Waals surface area contributed by atoms with Crippen molar-refractivity contribution in [3.8, 4) is 27.9 Å². The van der Waals surface area contributed by atoms with E-state index in [1.807, 2.05) is 11.3 Å². The predicted octanol–water partition coefficient (Wildman–Crippen LogP) is 14.0. The van der Waals surface area contributed by atoms with E-state index < -0.39 is 0 Å². The zero-order valence-electron chi connectivity index (χ0n) is 27.8. The van der Waals surface area contributed by atoms with Gasteiger partial charge in [-0.25, -0.2) is 0 Å². The molecule has 10 rings (SSSR count). The third-order valence-corrected chi connectivity index (χ3v) is 11.2. The molecular weight excluding hydrogens is 637 g/mol. The lowest BCUT2D eigenvalue weighted by Gasteiger charge is -2.27. The highest BCUT2D eigenvalue weighted by molar-refractivity contribution is 7.26. The summed E-state index contributed by atoms with van der Waals surface area (Å²) in [5.74, 6) is 0. The Hall–Kier alpha value is -6.42. The molecular formula is C48H32N2S. The molecule has 0 aliphatic rings. The molecule has 2 aromatic heterocycles. The van der Waals surface area contributed by atoms with Crippen LogP contribution in [0.4, 0.5) is 17.1 Å². The van der Waals surface area contributed by atoms with Crippen molar-refractivity contribution in [1.82, 2.24) is 4.57 Å². The van der Waals surface area contributed by atoms with Crippen LogP contribution in [0.25, 0.3) is 69.9 Å². The van der Waals surface area contributed by atoms with Gasteiger partial charge in [0.25, 0.3) is 0 Å². The second-order valence-corrected chi connectivity index (χ2v) is 14.0. The number of para-hydroxylation sites is 2. The van der Waals surface area contributed by atoms with E-state index in [1.165, 1.54) is 69.9 Å². The molecule has 0 N–H and O–H groups in total. The number of rotatable bonds is 6. The molecule has 3 heteroatoms. The average molecular weight is 669 g/mol. The molecule has 0 saturated heterocycles. The zero-order valence-corrected chi connectivity index (χ0v) is 28.6. The molecule has 51 heavy (non-hydrogen) atoms. The SMILES string of the molecule is c1ccc(-c2ccccc2-c2cccc(N(c3ccc4c5ccccc5n(-c5ccccc5)c4c3)c3cccc4c3sc3ccccc34)c2)cc1. The lowest BCUT2D eigenvalue weighted by atomic mass is 9.94. The predicted molar refractivity (Wildman–Crippen MR) is 219 cm³/mol. The normalized spacial score (nSPS) is 11.5. The van der Waals surface area contributed by atoms with Crippen LogP contribution in [0, 0.1) is 0 Å². The monoisotopic (exact) mass is 668 g/mol. The van der Waals surface area contributed by atoms with Crippen LogP contribution in [0.5, 0.6) is 0 Å². The van der Waals surface area contributed by atoms with Gasteiger partial charge in [0.05, 0.1) is 21.4 Å². The van der Waals surface area contributed by atoms with Crippen LogP contribution in [0.2, 0.25) is 0 Å². The number of hydrogen-bond donors (Lipinski definition) is 0. The molecule has 0 atom stereocenters. The van der Waals surface area contributed by atoms with Crippen molar-refractivity contribution in [2.75, 3.05) is 4.90 Å². The minimum Gasteiger partial charge on any atom is -0.309 e. The van der Waals surface area contributed by atoms with Crippen molar-refractivity contribution >= 4 is 70.4 Å². The van der Waals surface area contributed by atoms with Crippen LogP contribution in [-0.2, 0) is 0 Å². The van der Waals surface area contributed by atoms with E-state index in [0.717, 1.165) is 17.1 Å². The van der Waals surface area contributed by atoms with Crippen molar-refractivity contribution in [3.63, 3.8) is 0 Å². The Kier molecular flexibility index (Phi) is 7.04. The highest BCUT2D eigenvalue weighted by Gasteiger charge is 2.21. The summed E-state index contributed by atoms with van der Waals surface area (Å²) in [6.45, 7) is 0. The molecule has 0 saturated carbocycles. The largest absolute Gasteiger partial charge is 0.309 e. The number of benzene rings is 8. The van der Waals surface area contributed by atoms with Crippen molar-refractivity contribution in [2.45, 2.75) is 0 Å². The minimum absolute atomic E-state index is 1.11. The quantitative estimate of drug-likeness (QED) is 0.171. The van der Waals surface area contributed by atoms with Crippen LogP contribution in [0.15, 0.2) is 194 Å². The molecule has 0 spiro atoms. The summed E-state index contributed by atoms with van der Waals surface area (Å²) in [6, 6.07) is 70.4. The van der Waals surface area contributed by atoms with E-state index >= 15 is 0 Å². The fourth-order valence-electron chi connectivity index (χ4n) is 7.71. The van der Waals surface area contributed by atoms with E-state index in [2.05, 4.69) is 204 Å². The topological polar surface area (TPSA) is 8.17 Å². The average Bonchev–Trinajstić information content (AvgIpc) is 3.75. The second kappa shape index (κ2) is 12.2. The molecule has 0 aliphatic heterocycles. The summed E-state index contributed by atoms with van der Waals surface area (Å²) in [4.78, 5) is 2.46. The summed E-state index contributed by atoms with van der Waals surface area (Å²) in [5.41, 5.74) is 11.8. The lowest BCUT2D eigenvalue weighted by Crippen LogP contribution is -2.10. The second-order valence-electron chi connectivity index (χ2n) is 12.9. The summed E-state index contributed by atoms with van der Waals surface area (Å²) in [6.07, 6.45) is 0. The first-order chi connectivity index (χ1) is 25.3. The smallest absolute Gasteiger partial charge is 0.0640 e. The highest BCUT2D eigenvalue weighted by atomic mass is 32.1. The third kappa shape index (κ3) is 4.93. The molecule has 0 amide bonds. The highest BCUT2D eigenvalue weighted by Crippen LogP contribution is 2.47. The fraction of sp³-hybridized carbons (Fsp3) is 0. The zero-order chi connectivity index (χ0) is 33.7. The van der Waals surface area contributed by atoms with Crippen LogP contribution >= 0.6 is 11.3 Å². The van der Waals surface area contributed by atoms with Crippen molar-refractivity contribution in [2.24, 2.45) is 0 Å². The standard InChI is InChI=1S/C48H32N2S/c1-3-15-33(16-4-1)38-21-7-8-22-39(38)34-17-13-20-36(31-34)49(45-27-14-25-43-42-24-10-12-28-47(42)51-48(43)45)37-29-30-41-40-23-9-11-26-44(40)50(46(41)32-37)35-18-5-2-6-19-35/h1-32H. The number of fused-ring (bicyclic) bond motifs is 6. The van der Waals surface area contributed by atoms with Gasteiger partial charge in [0.1, 0.15) is 0 Å². The molecule has 0 radical (unpaired) electrons. The van der Waals surface area contributed by atoms with Crippen LogP contribution < -0.4 is 4.90 Å². The Morgan fingerprint density at radius 2 is 1.00 bits per heavy atom. The van der Waals surface area contributed by atoms with Gasteiger partial charge in [-0.05, 0) is 76.9 Å². The van der Waals surface area contributed by atoms with Gasteiger partial charge in [0.2, 0.25) is 0 Å².